The van der Waals surface area contributed by atoms with Gasteiger partial charge in [0, 0.05) is 43.5 Å². The highest BCUT2D eigenvalue weighted by Gasteiger charge is 2.31. The monoisotopic (exact) mass is 471 g/mol. The Morgan fingerprint density at radius 2 is 1.97 bits per heavy atom. The van der Waals surface area contributed by atoms with Gasteiger partial charge in [-0.3, -0.25) is 9.69 Å². The maximum atomic E-state index is 12.5. The standard InChI is InChI=1S/C26H28F3N3O2/c1-19-4-7-24-21(16-19)9-14-32(24)15-10-25(33)30-11-2-3-12-31-13-8-20-5-6-23(17-22(20)18-31)34-26(27,28)29/h4-7,9-10,14-17H,2-3,8,11-13,18H2,1H3,(H,30,33)/b15-10+. The van der Waals surface area contributed by atoms with E-state index in [1.807, 2.05) is 35.9 Å². The van der Waals surface area contributed by atoms with Crippen molar-refractivity contribution in [2.75, 3.05) is 19.6 Å². The highest BCUT2D eigenvalue weighted by molar-refractivity contribution is 5.91. The highest BCUT2D eigenvalue weighted by Crippen LogP contribution is 2.28. The fourth-order valence-electron chi connectivity index (χ4n) is 4.27. The maximum absolute atomic E-state index is 12.5. The van der Waals surface area contributed by atoms with E-state index in [9.17, 15) is 18.0 Å². The van der Waals surface area contributed by atoms with Crippen LogP contribution < -0.4 is 10.1 Å². The largest absolute Gasteiger partial charge is 0.573 e. The first-order valence-corrected chi connectivity index (χ1v) is 11.4. The molecule has 0 unspecified atom stereocenters. The SMILES string of the molecule is Cc1ccc2c(ccn2/C=C/C(=O)NCCCCN2CCc3ccc(OC(F)(F)F)cc3C2)c1. The Morgan fingerprint density at radius 3 is 2.79 bits per heavy atom. The molecule has 0 spiro atoms. The maximum Gasteiger partial charge on any atom is 0.573 e. The molecule has 1 N–H and O–H groups in total. The zero-order valence-corrected chi connectivity index (χ0v) is 19.1. The topological polar surface area (TPSA) is 46.5 Å². The molecule has 2 aromatic carbocycles. The van der Waals surface area contributed by atoms with Gasteiger partial charge < -0.3 is 14.6 Å². The van der Waals surface area contributed by atoms with Gasteiger partial charge in [-0.05, 0) is 74.2 Å². The van der Waals surface area contributed by atoms with Crippen LogP contribution in [0.5, 0.6) is 5.75 Å². The second-order valence-electron chi connectivity index (χ2n) is 8.60. The second kappa shape index (κ2) is 10.3. The molecule has 5 nitrogen and oxygen atoms in total. The van der Waals surface area contributed by atoms with Gasteiger partial charge in [0.15, 0.2) is 0 Å². The average molecular weight is 472 g/mol. The molecule has 2 heterocycles. The lowest BCUT2D eigenvalue weighted by molar-refractivity contribution is -0.274. The molecule has 0 radical (unpaired) electrons. The number of halogens is 3. The van der Waals surface area contributed by atoms with Crippen molar-refractivity contribution < 1.29 is 22.7 Å². The van der Waals surface area contributed by atoms with Gasteiger partial charge >= 0.3 is 6.36 Å². The van der Waals surface area contributed by atoms with Gasteiger partial charge in [-0.25, -0.2) is 0 Å². The van der Waals surface area contributed by atoms with Crippen LogP contribution in [0.2, 0.25) is 0 Å². The van der Waals surface area contributed by atoms with Gasteiger partial charge in [0.1, 0.15) is 5.75 Å². The first kappa shape index (κ1) is 23.9. The van der Waals surface area contributed by atoms with Crippen molar-refractivity contribution in [2.45, 2.75) is 39.1 Å². The molecule has 4 rings (SSSR count). The molecule has 3 aromatic rings. The summed E-state index contributed by atoms with van der Waals surface area (Å²) in [5, 5.41) is 4.04. The number of nitrogens with zero attached hydrogens (tertiary/aromatic N) is 2. The molecule has 180 valence electrons. The van der Waals surface area contributed by atoms with Crippen LogP contribution in [0.15, 0.2) is 54.7 Å². The van der Waals surface area contributed by atoms with Gasteiger partial charge in [0.05, 0.1) is 5.52 Å². The number of benzene rings is 2. The fraction of sp³-hybridized carbons (Fsp3) is 0.346. The van der Waals surface area contributed by atoms with Gasteiger partial charge in [-0.1, -0.05) is 17.7 Å². The Morgan fingerprint density at radius 1 is 1.12 bits per heavy atom. The second-order valence-corrected chi connectivity index (χ2v) is 8.60. The number of carbonyl (C=O) groups is 1. The zero-order valence-electron chi connectivity index (χ0n) is 19.1. The molecule has 0 saturated carbocycles. The third-order valence-corrected chi connectivity index (χ3v) is 5.97. The third-order valence-electron chi connectivity index (χ3n) is 5.97. The highest BCUT2D eigenvalue weighted by atomic mass is 19.4. The Kier molecular flexibility index (Phi) is 7.26. The van der Waals surface area contributed by atoms with Crippen molar-refractivity contribution in [1.29, 1.82) is 0 Å². The summed E-state index contributed by atoms with van der Waals surface area (Å²) in [7, 11) is 0. The van der Waals surface area contributed by atoms with Gasteiger partial charge in [0.25, 0.3) is 0 Å². The van der Waals surface area contributed by atoms with E-state index >= 15 is 0 Å². The van der Waals surface area contributed by atoms with E-state index < -0.39 is 6.36 Å². The fourth-order valence-corrected chi connectivity index (χ4v) is 4.27. The lowest BCUT2D eigenvalue weighted by atomic mass is 9.99. The molecule has 1 aliphatic heterocycles. The number of alkyl halides is 3. The number of hydrogen-bond donors (Lipinski definition) is 1. The Labute approximate surface area is 196 Å². The quantitative estimate of drug-likeness (QED) is 0.360. The minimum Gasteiger partial charge on any atom is -0.406 e. The van der Waals surface area contributed by atoms with Crippen molar-refractivity contribution in [3.63, 3.8) is 0 Å². The van der Waals surface area contributed by atoms with Crippen LogP contribution in [0.1, 0.15) is 29.5 Å². The molecule has 34 heavy (non-hydrogen) atoms. The third kappa shape index (κ3) is 6.41. The van der Waals surface area contributed by atoms with Gasteiger partial charge in [-0.2, -0.15) is 0 Å². The number of rotatable bonds is 8. The normalized spacial score (nSPS) is 14.5. The molecule has 0 aliphatic carbocycles. The van der Waals surface area contributed by atoms with Crippen molar-refractivity contribution in [3.05, 3.63) is 71.4 Å². The van der Waals surface area contributed by atoms with Crippen LogP contribution in [-0.4, -0.2) is 41.4 Å². The molecular formula is C26H28F3N3O2. The van der Waals surface area contributed by atoms with Crippen molar-refractivity contribution in [3.8, 4) is 5.75 Å². The number of amides is 1. The lowest BCUT2D eigenvalue weighted by Gasteiger charge is -2.29. The predicted molar refractivity (Wildman–Crippen MR) is 126 cm³/mol. The van der Waals surface area contributed by atoms with Crippen molar-refractivity contribution in [1.82, 2.24) is 14.8 Å². The Balaban J connectivity index is 1.18. The number of unbranched alkanes of at least 4 members (excludes halogenated alkanes) is 1. The minimum atomic E-state index is -4.68. The molecule has 1 amide bonds. The zero-order chi connectivity index (χ0) is 24.1. The van der Waals surface area contributed by atoms with E-state index in [4.69, 9.17) is 0 Å². The van der Waals surface area contributed by atoms with Crippen LogP contribution in [-0.2, 0) is 17.8 Å². The van der Waals surface area contributed by atoms with E-state index in [1.165, 1.54) is 23.8 Å². The van der Waals surface area contributed by atoms with E-state index in [2.05, 4.69) is 21.0 Å². The summed E-state index contributed by atoms with van der Waals surface area (Å²) in [4.78, 5) is 14.4. The summed E-state index contributed by atoms with van der Waals surface area (Å²) < 4.78 is 43.4. The summed E-state index contributed by atoms with van der Waals surface area (Å²) in [5.74, 6) is -0.315. The number of fused-ring (bicyclic) bond motifs is 2. The van der Waals surface area contributed by atoms with Gasteiger partial charge in [0.2, 0.25) is 5.91 Å². The van der Waals surface area contributed by atoms with E-state index in [-0.39, 0.29) is 11.7 Å². The predicted octanol–water partition coefficient (Wildman–Crippen LogP) is 5.27. The molecule has 0 bridgehead atoms. The molecule has 0 atom stereocenters. The van der Waals surface area contributed by atoms with Crippen LogP contribution in [0.4, 0.5) is 13.2 Å². The molecule has 8 heteroatoms. The summed E-state index contributed by atoms with van der Waals surface area (Å²) >= 11 is 0. The molecule has 0 fully saturated rings. The van der Waals surface area contributed by atoms with E-state index in [1.54, 1.807) is 12.3 Å². The van der Waals surface area contributed by atoms with Crippen LogP contribution in [0, 0.1) is 6.92 Å². The summed E-state index contributed by atoms with van der Waals surface area (Å²) in [6, 6.07) is 12.8. The summed E-state index contributed by atoms with van der Waals surface area (Å²) in [6.07, 6.45) is 3.05. The number of nitrogens with one attached hydrogen (secondary N) is 1. The molecule has 0 saturated heterocycles. The van der Waals surface area contributed by atoms with Crippen molar-refractivity contribution in [2.24, 2.45) is 0 Å². The van der Waals surface area contributed by atoms with E-state index in [0.717, 1.165) is 54.4 Å². The lowest BCUT2D eigenvalue weighted by Crippen LogP contribution is -2.32. The Hall–Kier alpha value is -3.26. The summed E-state index contributed by atoms with van der Waals surface area (Å²) in [6.45, 7) is 4.91. The minimum absolute atomic E-state index is 0.141. The smallest absolute Gasteiger partial charge is 0.406 e. The summed E-state index contributed by atoms with van der Waals surface area (Å²) in [5.41, 5.74) is 4.19. The number of carbonyl (C=O) groups excluding carboxylic acids is 1. The number of ether oxygens (including phenoxy) is 1. The first-order chi connectivity index (χ1) is 16.3. The van der Waals surface area contributed by atoms with E-state index in [0.29, 0.717) is 13.1 Å². The first-order valence-electron chi connectivity index (χ1n) is 11.4. The van der Waals surface area contributed by atoms with Crippen LogP contribution >= 0.6 is 0 Å². The Bertz CT molecular complexity index is 1180. The number of aryl methyl sites for hydroxylation is 1. The average Bonchev–Trinajstić information content (AvgIpc) is 3.18. The van der Waals surface area contributed by atoms with Gasteiger partial charge in [-0.15, -0.1) is 13.2 Å². The molecule has 1 aliphatic rings. The van der Waals surface area contributed by atoms with Crippen molar-refractivity contribution >= 4 is 23.0 Å². The molecular weight excluding hydrogens is 443 g/mol. The van der Waals surface area contributed by atoms with Crippen LogP contribution in [0.3, 0.4) is 0 Å². The van der Waals surface area contributed by atoms with Crippen LogP contribution in [0.25, 0.3) is 17.1 Å². The number of aromatic nitrogens is 1. The molecule has 1 aromatic heterocycles. The number of hydrogen-bond acceptors (Lipinski definition) is 3.